The van der Waals surface area contributed by atoms with Crippen molar-refractivity contribution in [2.24, 2.45) is 0 Å². The molecule has 0 aliphatic carbocycles. The number of piperidine rings is 1. The summed E-state index contributed by atoms with van der Waals surface area (Å²) in [6.45, 7) is 0.133. The van der Waals surface area contributed by atoms with Crippen molar-refractivity contribution in [3.8, 4) is 0 Å². The first-order chi connectivity index (χ1) is 14.3. The average Bonchev–Trinajstić information content (AvgIpc) is 2.74. The van der Waals surface area contributed by atoms with Crippen LogP contribution < -0.4 is 5.32 Å². The number of amides is 1. The summed E-state index contributed by atoms with van der Waals surface area (Å²) in [5, 5.41) is 12.0. The number of hydrogen-bond donors (Lipinski definition) is 2. The van der Waals surface area contributed by atoms with Crippen molar-refractivity contribution in [2.75, 3.05) is 6.54 Å². The number of benzene rings is 2. The van der Waals surface area contributed by atoms with E-state index >= 15 is 0 Å². The van der Waals surface area contributed by atoms with Crippen molar-refractivity contribution in [1.29, 1.82) is 0 Å². The summed E-state index contributed by atoms with van der Waals surface area (Å²) in [5.41, 5.74) is 0.740. The maximum atomic E-state index is 13.2. The van der Waals surface area contributed by atoms with Gasteiger partial charge in [0.1, 0.15) is 17.9 Å². The predicted molar refractivity (Wildman–Crippen MR) is 108 cm³/mol. The van der Waals surface area contributed by atoms with Crippen LogP contribution in [-0.2, 0) is 26.0 Å². The lowest BCUT2D eigenvalue weighted by Crippen LogP contribution is -2.55. The Balaban J connectivity index is 1.79. The lowest BCUT2D eigenvalue weighted by atomic mass is 10.0. The van der Waals surface area contributed by atoms with Crippen molar-refractivity contribution in [2.45, 2.75) is 42.7 Å². The van der Waals surface area contributed by atoms with Crippen LogP contribution in [0.25, 0.3) is 0 Å². The molecule has 1 heterocycles. The quantitative estimate of drug-likeness (QED) is 0.695. The molecule has 9 heteroatoms. The molecule has 0 aromatic heterocycles. The Morgan fingerprint density at radius 3 is 2.40 bits per heavy atom. The van der Waals surface area contributed by atoms with Gasteiger partial charge in [-0.2, -0.15) is 4.31 Å². The van der Waals surface area contributed by atoms with Crippen LogP contribution in [0, 0.1) is 5.82 Å². The summed E-state index contributed by atoms with van der Waals surface area (Å²) in [6.07, 6.45) is 1.59. The lowest BCUT2D eigenvalue weighted by Gasteiger charge is -2.34. The zero-order chi connectivity index (χ0) is 21.7. The Morgan fingerprint density at radius 1 is 1.10 bits per heavy atom. The largest absolute Gasteiger partial charge is 0.480 e. The van der Waals surface area contributed by atoms with Gasteiger partial charge in [0.25, 0.3) is 0 Å². The topological polar surface area (TPSA) is 104 Å². The number of nitrogens with zero attached hydrogens (tertiary/aromatic N) is 1. The summed E-state index contributed by atoms with van der Waals surface area (Å²) >= 11 is 0. The highest BCUT2D eigenvalue weighted by Gasteiger charge is 2.38. The molecule has 2 aromatic carbocycles. The van der Waals surface area contributed by atoms with E-state index in [9.17, 15) is 27.5 Å². The second-order valence-electron chi connectivity index (χ2n) is 7.17. The van der Waals surface area contributed by atoms with Crippen LogP contribution in [-0.4, -0.2) is 48.3 Å². The molecule has 30 heavy (non-hydrogen) atoms. The van der Waals surface area contributed by atoms with E-state index < -0.39 is 39.8 Å². The SMILES string of the molecule is O=C(N[C@H](Cc1ccccc1)C(=O)O)[C@H]1CCCCN1S(=O)(=O)c1ccc(F)cc1. The minimum Gasteiger partial charge on any atom is -0.480 e. The van der Waals surface area contributed by atoms with Gasteiger partial charge in [0, 0.05) is 13.0 Å². The number of nitrogens with one attached hydrogen (secondary N) is 1. The van der Waals surface area contributed by atoms with Gasteiger partial charge in [-0.15, -0.1) is 0 Å². The molecular weight excluding hydrogens is 411 g/mol. The zero-order valence-corrected chi connectivity index (χ0v) is 17.0. The fourth-order valence-corrected chi connectivity index (χ4v) is 5.17. The number of sulfonamides is 1. The normalized spacial score (nSPS) is 18.5. The molecule has 1 saturated heterocycles. The molecule has 1 fully saturated rings. The highest BCUT2D eigenvalue weighted by Crippen LogP contribution is 2.26. The molecule has 0 spiro atoms. The Hall–Kier alpha value is -2.78. The molecule has 1 aliphatic rings. The monoisotopic (exact) mass is 434 g/mol. The highest BCUT2D eigenvalue weighted by atomic mass is 32.2. The van der Waals surface area contributed by atoms with Crippen LogP contribution in [0.5, 0.6) is 0 Å². The summed E-state index contributed by atoms with van der Waals surface area (Å²) in [4.78, 5) is 24.5. The van der Waals surface area contributed by atoms with E-state index in [1.54, 1.807) is 30.3 Å². The van der Waals surface area contributed by atoms with Gasteiger partial charge >= 0.3 is 5.97 Å². The van der Waals surface area contributed by atoms with E-state index in [4.69, 9.17) is 0 Å². The number of carbonyl (C=O) groups is 2. The van der Waals surface area contributed by atoms with Crippen LogP contribution >= 0.6 is 0 Å². The molecule has 0 saturated carbocycles. The maximum absolute atomic E-state index is 13.2. The minimum atomic E-state index is -4.03. The number of carboxylic acid groups (broad SMARTS) is 1. The molecule has 160 valence electrons. The number of halogens is 1. The van der Waals surface area contributed by atoms with Crippen molar-refractivity contribution < 1.29 is 27.5 Å². The van der Waals surface area contributed by atoms with E-state index in [-0.39, 0.29) is 24.3 Å². The van der Waals surface area contributed by atoms with Gasteiger partial charge in [0.05, 0.1) is 4.90 Å². The van der Waals surface area contributed by atoms with Crippen molar-refractivity contribution >= 4 is 21.9 Å². The van der Waals surface area contributed by atoms with Gasteiger partial charge in [0.2, 0.25) is 15.9 Å². The number of rotatable bonds is 7. The Bertz CT molecular complexity index is 996. The van der Waals surface area contributed by atoms with Gasteiger partial charge < -0.3 is 10.4 Å². The average molecular weight is 434 g/mol. The number of carboxylic acids is 1. The first-order valence-corrected chi connectivity index (χ1v) is 11.1. The summed E-state index contributed by atoms with van der Waals surface area (Å²) in [5.74, 6) is -2.41. The fourth-order valence-electron chi connectivity index (χ4n) is 3.51. The van der Waals surface area contributed by atoms with Gasteiger partial charge in [-0.1, -0.05) is 36.8 Å². The van der Waals surface area contributed by atoms with Gasteiger partial charge in [-0.05, 0) is 42.7 Å². The van der Waals surface area contributed by atoms with Crippen LogP contribution in [0.4, 0.5) is 4.39 Å². The minimum absolute atomic E-state index is 0.0827. The van der Waals surface area contributed by atoms with Crippen LogP contribution in [0.1, 0.15) is 24.8 Å². The third kappa shape index (κ3) is 5.03. The molecule has 1 amide bonds. The number of aliphatic carboxylic acids is 1. The zero-order valence-electron chi connectivity index (χ0n) is 16.2. The van der Waals surface area contributed by atoms with E-state index in [2.05, 4.69) is 5.32 Å². The van der Waals surface area contributed by atoms with E-state index in [1.165, 1.54) is 0 Å². The summed E-state index contributed by atoms with van der Waals surface area (Å²) in [6, 6.07) is 11.1. The second-order valence-corrected chi connectivity index (χ2v) is 9.06. The Kier molecular flexibility index (Phi) is 6.84. The highest BCUT2D eigenvalue weighted by molar-refractivity contribution is 7.89. The Labute approximate surface area is 174 Å². The number of hydrogen-bond acceptors (Lipinski definition) is 4. The number of carbonyl (C=O) groups excluding carboxylic acids is 1. The third-order valence-corrected chi connectivity index (χ3v) is 7.00. The fraction of sp³-hybridized carbons (Fsp3) is 0.333. The Morgan fingerprint density at radius 2 is 1.77 bits per heavy atom. The summed E-state index contributed by atoms with van der Waals surface area (Å²) in [7, 11) is -4.03. The molecule has 2 atom stereocenters. The van der Waals surface area contributed by atoms with Crippen LogP contribution in [0.3, 0.4) is 0 Å². The molecule has 2 N–H and O–H groups in total. The summed E-state index contributed by atoms with van der Waals surface area (Å²) < 4.78 is 40.3. The van der Waals surface area contributed by atoms with Crippen molar-refractivity contribution in [3.63, 3.8) is 0 Å². The van der Waals surface area contributed by atoms with Gasteiger partial charge in [0.15, 0.2) is 0 Å². The standard InChI is InChI=1S/C21H23FN2O5S/c22-16-9-11-17(12-10-16)30(28,29)24-13-5-4-8-19(24)20(25)23-18(21(26)27)14-15-6-2-1-3-7-15/h1-3,6-7,9-12,18-19H,4-5,8,13-14H2,(H,23,25)(H,26,27)/t18-,19-/m1/s1. The maximum Gasteiger partial charge on any atom is 0.326 e. The van der Waals surface area contributed by atoms with E-state index in [1.807, 2.05) is 0 Å². The molecule has 3 rings (SSSR count). The molecule has 2 aromatic rings. The van der Waals surface area contributed by atoms with E-state index in [0.717, 1.165) is 34.1 Å². The van der Waals surface area contributed by atoms with Crippen molar-refractivity contribution in [1.82, 2.24) is 9.62 Å². The van der Waals surface area contributed by atoms with Gasteiger partial charge in [-0.25, -0.2) is 17.6 Å². The molecule has 7 nitrogen and oxygen atoms in total. The third-order valence-electron chi connectivity index (χ3n) is 5.07. The van der Waals surface area contributed by atoms with Crippen molar-refractivity contribution in [3.05, 3.63) is 66.0 Å². The molecule has 0 bridgehead atoms. The molecule has 1 aliphatic heterocycles. The first kappa shape index (κ1) is 21.9. The predicted octanol–water partition coefficient (Wildman–Crippen LogP) is 2.18. The smallest absolute Gasteiger partial charge is 0.326 e. The molecule has 0 radical (unpaired) electrons. The van der Waals surface area contributed by atoms with Gasteiger partial charge in [-0.3, -0.25) is 4.79 Å². The van der Waals surface area contributed by atoms with E-state index in [0.29, 0.717) is 12.8 Å². The van der Waals surface area contributed by atoms with Crippen LogP contribution in [0.2, 0.25) is 0 Å². The van der Waals surface area contributed by atoms with Crippen LogP contribution in [0.15, 0.2) is 59.5 Å². The second kappa shape index (κ2) is 9.36. The lowest BCUT2D eigenvalue weighted by molar-refractivity contribution is -0.142. The first-order valence-electron chi connectivity index (χ1n) is 9.63. The molecule has 0 unspecified atom stereocenters. The molecular formula is C21H23FN2O5S.